The van der Waals surface area contributed by atoms with Gasteiger partial charge in [0.15, 0.2) is 0 Å². The molecule has 1 aliphatic heterocycles. The second-order valence-electron chi connectivity index (χ2n) is 7.22. The minimum atomic E-state index is -0.686. The highest BCUT2D eigenvalue weighted by molar-refractivity contribution is 7.13. The molecule has 6 nitrogen and oxygen atoms in total. The van der Waals surface area contributed by atoms with Gasteiger partial charge in [-0.3, -0.25) is 9.78 Å². The molecular weight excluding hydrogens is 386 g/mol. The Morgan fingerprint density at radius 3 is 2.86 bits per heavy atom. The first-order valence-corrected chi connectivity index (χ1v) is 10.5. The zero-order chi connectivity index (χ0) is 20.2. The number of pyridine rings is 1. The van der Waals surface area contributed by atoms with E-state index in [4.69, 9.17) is 4.74 Å². The third-order valence-electron chi connectivity index (χ3n) is 5.12. The third kappa shape index (κ3) is 4.70. The van der Waals surface area contributed by atoms with E-state index in [1.165, 1.54) is 0 Å². The quantitative estimate of drug-likeness (QED) is 0.677. The zero-order valence-electron chi connectivity index (χ0n) is 16.2. The van der Waals surface area contributed by atoms with Crippen LogP contribution < -0.4 is 5.32 Å². The summed E-state index contributed by atoms with van der Waals surface area (Å²) in [6.07, 6.45) is 4.16. The van der Waals surface area contributed by atoms with E-state index >= 15 is 0 Å². The average molecular weight is 410 g/mol. The van der Waals surface area contributed by atoms with Gasteiger partial charge in [0.1, 0.15) is 10.7 Å². The van der Waals surface area contributed by atoms with Crippen LogP contribution in [0.3, 0.4) is 0 Å². The number of amides is 1. The number of carbonyl (C=O) groups is 1. The molecular formula is C22H23N3O3S. The fourth-order valence-electron chi connectivity index (χ4n) is 3.36. The van der Waals surface area contributed by atoms with Crippen LogP contribution in [0, 0.1) is 6.92 Å². The normalized spacial score (nSPS) is 19.1. The van der Waals surface area contributed by atoms with Crippen molar-refractivity contribution in [2.75, 3.05) is 13.2 Å². The third-order valence-corrected chi connectivity index (χ3v) is 5.94. The fourth-order valence-corrected chi connectivity index (χ4v) is 4.01. The number of aryl methyl sites for hydroxylation is 1. The lowest BCUT2D eigenvalue weighted by Crippen LogP contribution is -2.48. The number of aliphatic hydroxyl groups excluding tert-OH is 1. The molecule has 2 aromatic heterocycles. The molecule has 4 rings (SSSR count). The number of carbonyl (C=O) groups excluding carboxylic acids is 1. The molecule has 0 radical (unpaired) electrons. The lowest BCUT2D eigenvalue weighted by molar-refractivity contribution is -0.0261. The Hall–Kier alpha value is -2.61. The summed E-state index contributed by atoms with van der Waals surface area (Å²) in [4.78, 5) is 21.2. The van der Waals surface area contributed by atoms with Gasteiger partial charge in [0.25, 0.3) is 5.91 Å². The molecule has 1 unspecified atom stereocenters. The van der Waals surface area contributed by atoms with Crippen LogP contribution >= 0.6 is 11.3 Å². The van der Waals surface area contributed by atoms with Crippen LogP contribution in [0.4, 0.5) is 0 Å². The monoisotopic (exact) mass is 409 g/mol. The van der Waals surface area contributed by atoms with Gasteiger partial charge in [0, 0.05) is 29.9 Å². The number of nitrogens with zero attached hydrogens (tertiary/aromatic N) is 2. The van der Waals surface area contributed by atoms with Gasteiger partial charge in [-0.25, -0.2) is 4.98 Å². The van der Waals surface area contributed by atoms with Crippen LogP contribution in [0.5, 0.6) is 0 Å². The molecule has 29 heavy (non-hydrogen) atoms. The van der Waals surface area contributed by atoms with Gasteiger partial charge < -0.3 is 15.2 Å². The molecule has 1 fully saturated rings. The van der Waals surface area contributed by atoms with Crippen LogP contribution in [-0.2, 0) is 11.2 Å². The highest BCUT2D eigenvalue weighted by Crippen LogP contribution is 2.23. The molecule has 1 amide bonds. The largest absolute Gasteiger partial charge is 0.389 e. The van der Waals surface area contributed by atoms with E-state index in [2.05, 4.69) is 39.6 Å². The first-order valence-electron chi connectivity index (χ1n) is 9.61. The first kappa shape index (κ1) is 19.7. The molecule has 150 valence electrons. The van der Waals surface area contributed by atoms with Crippen LogP contribution in [0.25, 0.3) is 10.6 Å². The Bertz CT molecular complexity index is 973. The number of hydrogen-bond acceptors (Lipinski definition) is 6. The van der Waals surface area contributed by atoms with E-state index in [0.29, 0.717) is 25.1 Å². The second kappa shape index (κ2) is 8.82. The summed E-state index contributed by atoms with van der Waals surface area (Å²) in [6.45, 7) is 2.77. The number of rotatable bonds is 5. The Kier molecular flexibility index (Phi) is 5.99. The van der Waals surface area contributed by atoms with Crippen molar-refractivity contribution in [1.29, 1.82) is 0 Å². The summed E-state index contributed by atoms with van der Waals surface area (Å²) >= 11 is 1.62. The number of hydrogen-bond donors (Lipinski definition) is 2. The van der Waals surface area contributed by atoms with Crippen LogP contribution in [0.2, 0.25) is 0 Å². The summed E-state index contributed by atoms with van der Waals surface area (Å²) in [6, 6.07) is 9.87. The Labute approximate surface area is 173 Å². The highest BCUT2D eigenvalue weighted by Gasteiger charge is 2.26. The van der Waals surface area contributed by atoms with Gasteiger partial charge in [0.05, 0.1) is 18.8 Å². The van der Waals surface area contributed by atoms with E-state index in [-0.39, 0.29) is 18.6 Å². The van der Waals surface area contributed by atoms with Gasteiger partial charge >= 0.3 is 0 Å². The minimum Gasteiger partial charge on any atom is -0.389 e. The summed E-state index contributed by atoms with van der Waals surface area (Å²) in [7, 11) is 0. The summed E-state index contributed by atoms with van der Waals surface area (Å²) < 4.78 is 5.21. The fraction of sp³-hybridized carbons (Fsp3) is 0.318. The molecule has 3 heterocycles. The Morgan fingerprint density at radius 2 is 2.14 bits per heavy atom. The zero-order valence-corrected chi connectivity index (χ0v) is 17.0. The smallest absolute Gasteiger partial charge is 0.270 e. The molecule has 2 atom stereocenters. The van der Waals surface area contributed by atoms with Gasteiger partial charge in [-0.05, 0) is 42.5 Å². The van der Waals surface area contributed by atoms with Gasteiger partial charge in [0.2, 0.25) is 0 Å². The average Bonchev–Trinajstić information content (AvgIpc) is 3.27. The number of aromatic nitrogens is 2. The van der Waals surface area contributed by atoms with E-state index < -0.39 is 6.10 Å². The van der Waals surface area contributed by atoms with Crippen molar-refractivity contribution < 1.29 is 14.6 Å². The van der Waals surface area contributed by atoms with Crippen molar-refractivity contribution in [3.8, 4) is 10.6 Å². The van der Waals surface area contributed by atoms with Crippen molar-refractivity contribution in [2.45, 2.75) is 31.9 Å². The Morgan fingerprint density at radius 1 is 1.31 bits per heavy atom. The molecule has 0 bridgehead atoms. The van der Waals surface area contributed by atoms with Crippen molar-refractivity contribution in [3.63, 3.8) is 0 Å². The van der Waals surface area contributed by atoms with E-state index in [0.717, 1.165) is 27.3 Å². The number of nitrogens with one attached hydrogen (secondary N) is 1. The minimum absolute atomic E-state index is 0.245. The van der Waals surface area contributed by atoms with Crippen LogP contribution in [-0.4, -0.2) is 46.3 Å². The van der Waals surface area contributed by atoms with E-state index in [1.807, 2.05) is 18.4 Å². The molecule has 0 spiro atoms. The van der Waals surface area contributed by atoms with E-state index in [1.54, 1.807) is 23.7 Å². The van der Waals surface area contributed by atoms with Gasteiger partial charge in [-0.2, -0.15) is 0 Å². The summed E-state index contributed by atoms with van der Waals surface area (Å²) in [5, 5.41) is 15.8. The molecule has 0 aliphatic carbocycles. The molecule has 2 N–H and O–H groups in total. The SMILES string of the molecule is Cc1cnc(C(=O)NC2CCOC[C@H]2O)cc1Cc1ccc(-c2nccs2)cc1. The van der Waals surface area contributed by atoms with Gasteiger partial charge in [-0.15, -0.1) is 11.3 Å². The van der Waals surface area contributed by atoms with E-state index in [9.17, 15) is 9.90 Å². The van der Waals surface area contributed by atoms with Crippen LogP contribution in [0.1, 0.15) is 33.6 Å². The first-order chi connectivity index (χ1) is 14.1. The van der Waals surface area contributed by atoms with Crippen molar-refractivity contribution in [1.82, 2.24) is 15.3 Å². The predicted molar refractivity (Wildman–Crippen MR) is 112 cm³/mol. The summed E-state index contributed by atoms with van der Waals surface area (Å²) in [5.74, 6) is -0.267. The standard InChI is InChI=1S/C22H23N3O3S/c1-14-12-24-19(21(27)25-18-6-8-28-13-20(18)26)11-17(14)10-15-2-4-16(5-3-15)22-23-7-9-29-22/h2-5,7,9,11-12,18,20,26H,6,8,10,13H2,1H3,(H,25,27)/t18?,20-/m1/s1. The maximum atomic E-state index is 12.6. The molecule has 1 saturated heterocycles. The lowest BCUT2D eigenvalue weighted by atomic mass is 10.00. The van der Waals surface area contributed by atoms with Gasteiger partial charge in [-0.1, -0.05) is 24.3 Å². The summed E-state index contributed by atoms with van der Waals surface area (Å²) in [5.41, 5.74) is 4.72. The Balaban J connectivity index is 1.47. The molecule has 1 aliphatic rings. The topological polar surface area (TPSA) is 84.3 Å². The number of aliphatic hydroxyl groups is 1. The predicted octanol–water partition coefficient (Wildman–Crippen LogP) is 2.98. The van der Waals surface area contributed by atoms with Crippen LogP contribution in [0.15, 0.2) is 48.1 Å². The van der Waals surface area contributed by atoms with Crippen molar-refractivity contribution in [3.05, 3.63) is 70.5 Å². The number of thiazole rings is 1. The highest BCUT2D eigenvalue weighted by atomic mass is 32.1. The number of benzene rings is 1. The number of ether oxygens (including phenoxy) is 1. The molecule has 1 aromatic carbocycles. The maximum Gasteiger partial charge on any atom is 0.270 e. The lowest BCUT2D eigenvalue weighted by Gasteiger charge is -2.28. The molecule has 0 saturated carbocycles. The van der Waals surface area contributed by atoms with Crippen molar-refractivity contribution in [2.24, 2.45) is 0 Å². The van der Waals surface area contributed by atoms with Crippen molar-refractivity contribution >= 4 is 17.2 Å². The second-order valence-corrected chi connectivity index (χ2v) is 8.11. The molecule has 7 heteroatoms. The maximum absolute atomic E-state index is 12.6. The molecule has 3 aromatic rings.